The number of hydrogen-bond acceptors (Lipinski definition) is 3. The van der Waals surface area contributed by atoms with Gasteiger partial charge in [-0.25, -0.2) is 0 Å². The minimum atomic E-state index is 0.262. The molecule has 94 valence electrons. The molecule has 0 aromatic rings. The van der Waals surface area contributed by atoms with Gasteiger partial charge in [0.05, 0.1) is 24.4 Å². The summed E-state index contributed by atoms with van der Waals surface area (Å²) in [5, 5.41) is 3.34. The first-order valence-corrected chi connectivity index (χ1v) is 6.60. The predicted octanol–water partition coefficient (Wildman–Crippen LogP) is 2.49. The van der Waals surface area contributed by atoms with Gasteiger partial charge in [-0.1, -0.05) is 18.2 Å². The van der Waals surface area contributed by atoms with Crippen LogP contribution in [0.3, 0.4) is 0 Å². The summed E-state index contributed by atoms with van der Waals surface area (Å²) in [7, 11) is 0. The van der Waals surface area contributed by atoms with Crippen molar-refractivity contribution in [3.8, 4) is 0 Å². The molecule has 0 bridgehead atoms. The van der Waals surface area contributed by atoms with Crippen molar-refractivity contribution in [3.05, 3.63) is 48.4 Å². The van der Waals surface area contributed by atoms with Gasteiger partial charge in [0.25, 0.3) is 0 Å². The van der Waals surface area contributed by atoms with Gasteiger partial charge in [0.1, 0.15) is 5.76 Å². The van der Waals surface area contributed by atoms with Gasteiger partial charge in [-0.3, -0.25) is 4.99 Å². The summed E-state index contributed by atoms with van der Waals surface area (Å²) in [6.45, 7) is 0.813. The molecule has 0 spiro atoms. The van der Waals surface area contributed by atoms with E-state index in [1.165, 1.54) is 0 Å². The van der Waals surface area contributed by atoms with E-state index in [0.717, 1.165) is 37.3 Å². The fourth-order valence-corrected chi connectivity index (χ4v) is 2.40. The first-order valence-electron chi connectivity index (χ1n) is 6.60. The summed E-state index contributed by atoms with van der Waals surface area (Å²) in [4.78, 5) is 4.82. The van der Waals surface area contributed by atoms with Crippen LogP contribution in [0.4, 0.5) is 0 Å². The molecule has 0 radical (unpaired) electrons. The smallest absolute Gasteiger partial charge is 0.140 e. The summed E-state index contributed by atoms with van der Waals surface area (Å²) < 4.78 is 5.68. The van der Waals surface area contributed by atoms with Crippen LogP contribution in [0.15, 0.2) is 53.4 Å². The fraction of sp³-hybridized carbons (Fsp3) is 0.400. The predicted molar refractivity (Wildman–Crippen MR) is 73.5 cm³/mol. The Morgan fingerprint density at radius 3 is 3.11 bits per heavy atom. The van der Waals surface area contributed by atoms with E-state index < -0.39 is 0 Å². The Balaban J connectivity index is 1.76. The Hall–Kier alpha value is -1.77. The first-order chi connectivity index (χ1) is 8.93. The van der Waals surface area contributed by atoms with Crippen molar-refractivity contribution < 1.29 is 4.74 Å². The number of dihydropyridines is 2. The summed E-state index contributed by atoms with van der Waals surface area (Å²) in [6, 6.07) is 0.553. The average molecular weight is 242 g/mol. The van der Waals surface area contributed by atoms with Crippen molar-refractivity contribution in [2.45, 2.75) is 31.3 Å². The maximum Gasteiger partial charge on any atom is 0.140 e. The summed E-state index contributed by atoms with van der Waals surface area (Å²) in [5.74, 6) is 0.956. The van der Waals surface area contributed by atoms with Gasteiger partial charge in [0.15, 0.2) is 0 Å². The third-order valence-corrected chi connectivity index (χ3v) is 3.38. The minimum absolute atomic E-state index is 0.262. The maximum absolute atomic E-state index is 5.68. The number of aliphatic imine (C=N–C) groups is 1. The lowest BCUT2D eigenvalue weighted by Gasteiger charge is -2.26. The molecular formula is C15H18N2O. The minimum Gasteiger partial charge on any atom is -0.492 e. The van der Waals surface area contributed by atoms with Crippen LogP contribution < -0.4 is 5.32 Å². The number of hydrogen-bond donors (Lipinski definition) is 1. The van der Waals surface area contributed by atoms with Crippen LogP contribution in [0.1, 0.15) is 19.3 Å². The van der Waals surface area contributed by atoms with Crippen LogP contribution >= 0.6 is 0 Å². The highest BCUT2D eigenvalue weighted by Crippen LogP contribution is 2.19. The van der Waals surface area contributed by atoms with Crippen LogP contribution in [0.25, 0.3) is 0 Å². The number of nitrogens with zero attached hydrogens (tertiary/aromatic N) is 1. The molecule has 1 N–H and O–H groups in total. The highest BCUT2D eigenvalue weighted by molar-refractivity contribution is 6.07. The molecule has 0 aromatic heterocycles. The van der Waals surface area contributed by atoms with Gasteiger partial charge in [0, 0.05) is 0 Å². The van der Waals surface area contributed by atoms with E-state index in [9.17, 15) is 0 Å². The molecule has 0 saturated heterocycles. The van der Waals surface area contributed by atoms with Crippen molar-refractivity contribution in [2.24, 2.45) is 4.99 Å². The largest absolute Gasteiger partial charge is 0.492 e. The zero-order valence-electron chi connectivity index (χ0n) is 10.4. The Morgan fingerprint density at radius 1 is 1.33 bits per heavy atom. The molecule has 18 heavy (non-hydrogen) atoms. The van der Waals surface area contributed by atoms with Crippen LogP contribution in [0.5, 0.6) is 0 Å². The highest BCUT2D eigenvalue weighted by atomic mass is 16.5. The van der Waals surface area contributed by atoms with E-state index in [1.54, 1.807) is 0 Å². The van der Waals surface area contributed by atoms with E-state index in [4.69, 9.17) is 9.73 Å². The third kappa shape index (κ3) is 2.40. The molecule has 3 aliphatic heterocycles. The van der Waals surface area contributed by atoms with Gasteiger partial charge in [-0.05, 0) is 43.7 Å². The second kappa shape index (κ2) is 5.25. The molecule has 3 heteroatoms. The van der Waals surface area contributed by atoms with E-state index in [1.807, 2.05) is 12.3 Å². The number of allylic oxidation sites excluding steroid dienone is 4. The van der Waals surface area contributed by atoms with Gasteiger partial charge < -0.3 is 10.1 Å². The maximum atomic E-state index is 5.68. The monoisotopic (exact) mass is 242 g/mol. The molecule has 3 nitrogen and oxygen atoms in total. The first kappa shape index (κ1) is 11.3. The second-order valence-corrected chi connectivity index (χ2v) is 4.72. The lowest BCUT2D eigenvalue weighted by molar-refractivity contribution is 0.212. The molecular weight excluding hydrogens is 224 g/mol. The lowest BCUT2D eigenvalue weighted by Crippen LogP contribution is -2.36. The molecule has 2 unspecified atom stereocenters. The zero-order chi connectivity index (χ0) is 12.2. The number of nitrogens with one attached hydrogen (secondary N) is 1. The van der Waals surface area contributed by atoms with Crippen LogP contribution in [-0.4, -0.2) is 24.4 Å². The van der Waals surface area contributed by atoms with E-state index >= 15 is 0 Å². The second-order valence-electron chi connectivity index (χ2n) is 4.72. The Morgan fingerprint density at radius 2 is 2.33 bits per heavy atom. The normalized spacial score (nSPS) is 30.2. The highest BCUT2D eigenvalue weighted by Gasteiger charge is 2.21. The van der Waals surface area contributed by atoms with Crippen molar-refractivity contribution in [3.63, 3.8) is 0 Å². The molecule has 0 saturated carbocycles. The fourth-order valence-electron chi connectivity index (χ4n) is 2.40. The molecule has 0 aromatic carbocycles. The van der Waals surface area contributed by atoms with E-state index in [0.29, 0.717) is 6.04 Å². The number of rotatable bonds is 2. The summed E-state index contributed by atoms with van der Waals surface area (Å²) >= 11 is 0. The third-order valence-electron chi connectivity index (χ3n) is 3.38. The molecule has 0 fully saturated rings. The van der Waals surface area contributed by atoms with Gasteiger partial charge >= 0.3 is 0 Å². The Kier molecular flexibility index (Phi) is 3.31. The molecule has 3 heterocycles. The Labute approximate surface area is 108 Å². The Bertz CT molecular complexity index is 457. The van der Waals surface area contributed by atoms with E-state index in [-0.39, 0.29) is 6.04 Å². The van der Waals surface area contributed by atoms with Gasteiger partial charge in [-0.15, -0.1) is 0 Å². The standard InChI is InChI=1S/C15H18N2O/c1-3-10-16-12(6-1)13-7-5-8-14(17-13)15-9-2-4-11-18-15/h1,3,5-6,8-10,12-13,16H,2,4,7,11H2. The molecule has 3 rings (SSSR count). The van der Waals surface area contributed by atoms with Gasteiger partial charge in [0.2, 0.25) is 0 Å². The lowest BCUT2D eigenvalue weighted by atomic mass is 9.99. The van der Waals surface area contributed by atoms with Crippen LogP contribution in [0.2, 0.25) is 0 Å². The SMILES string of the molecule is C1=CNC(C2CC=CC(C3=CCCCO3)=N2)C=C1. The molecule has 0 aliphatic carbocycles. The van der Waals surface area contributed by atoms with Crippen molar-refractivity contribution >= 4 is 5.71 Å². The van der Waals surface area contributed by atoms with Gasteiger partial charge in [-0.2, -0.15) is 0 Å². The van der Waals surface area contributed by atoms with E-state index in [2.05, 4.69) is 35.7 Å². The number of ether oxygens (including phenoxy) is 1. The quantitative estimate of drug-likeness (QED) is 0.807. The van der Waals surface area contributed by atoms with Crippen LogP contribution in [0, 0.1) is 0 Å². The van der Waals surface area contributed by atoms with Crippen molar-refractivity contribution in [1.29, 1.82) is 0 Å². The summed E-state index contributed by atoms with van der Waals surface area (Å²) in [6.07, 6.45) is 17.8. The molecule has 0 amide bonds. The molecule has 2 atom stereocenters. The van der Waals surface area contributed by atoms with Crippen LogP contribution in [-0.2, 0) is 4.74 Å². The average Bonchev–Trinajstić information content (AvgIpc) is 2.49. The summed E-state index contributed by atoms with van der Waals surface area (Å²) in [5.41, 5.74) is 0.996. The van der Waals surface area contributed by atoms with Crippen molar-refractivity contribution in [1.82, 2.24) is 5.32 Å². The van der Waals surface area contributed by atoms with Crippen molar-refractivity contribution in [2.75, 3.05) is 6.61 Å². The topological polar surface area (TPSA) is 33.6 Å². The molecule has 3 aliphatic rings. The zero-order valence-corrected chi connectivity index (χ0v) is 10.4.